The predicted octanol–water partition coefficient (Wildman–Crippen LogP) is 4.31. The van der Waals surface area contributed by atoms with E-state index in [1.54, 1.807) is 11.3 Å². The van der Waals surface area contributed by atoms with Crippen molar-refractivity contribution in [2.75, 3.05) is 0 Å². The van der Waals surface area contributed by atoms with Crippen molar-refractivity contribution >= 4 is 25.2 Å². The summed E-state index contributed by atoms with van der Waals surface area (Å²) in [5.74, 6) is -0.313. The minimum Gasteiger partial charge on any atom is -0.481 e. The Morgan fingerprint density at radius 1 is 1.38 bits per heavy atom. The summed E-state index contributed by atoms with van der Waals surface area (Å²) in [5.41, 5.74) is 0. The van der Waals surface area contributed by atoms with Crippen LogP contribution in [0.5, 0.6) is 0 Å². The molecule has 2 rings (SSSR count). The van der Waals surface area contributed by atoms with Crippen molar-refractivity contribution in [2.24, 2.45) is 17.8 Å². The fourth-order valence-corrected chi connectivity index (χ4v) is 5.03. The molecule has 0 bridgehead atoms. The van der Waals surface area contributed by atoms with Crippen molar-refractivity contribution in [2.45, 2.75) is 70.4 Å². The highest BCUT2D eigenvalue weighted by Gasteiger charge is 2.39. The van der Waals surface area contributed by atoms with E-state index in [4.69, 9.17) is 13.0 Å². The van der Waals surface area contributed by atoms with Crippen LogP contribution in [0, 0.1) is 24.7 Å². The van der Waals surface area contributed by atoms with Crippen LogP contribution in [0.2, 0.25) is 6.32 Å². The van der Waals surface area contributed by atoms with Crippen molar-refractivity contribution in [3.05, 3.63) is 46.2 Å². The molecule has 0 amide bonds. The molecule has 1 heterocycles. The fraction of sp³-hybridized carbons (Fsp3) is 0.609. The molecule has 0 aliphatic heterocycles. The molecule has 1 aromatic heterocycles. The summed E-state index contributed by atoms with van der Waals surface area (Å²) in [5, 5.41) is 29.5. The third kappa shape index (κ3) is 8.11. The van der Waals surface area contributed by atoms with Crippen LogP contribution < -0.4 is 0 Å². The Hall–Kier alpha value is -1.37. The van der Waals surface area contributed by atoms with Gasteiger partial charge in [-0.25, -0.2) is 0 Å². The van der Waals surface area contributed by atoms with Gasteiger partial charge in [-0.2, -0.15) is 0 Å². The Balaban J connectivity index is 1.86. The number of aliphatic carboxylic acids is 1. The van der Waals surface area contributed by atoms with Crippen LogP contribution in [-0.4, -0.2) is 41.3 Å². The van der Waals surface area contributed by atoms with Crippen LogP contribution in [-0.2, 0) is 11.2 Å². The number of hydrogen-bond acceptors (Lipinski definition) is 4. The van der Waals surface area contributed by atoms with E-state index in [0.717, 1.165) is 19.3 Å². The molecular weight excluding hydrogens is 383 g/mol. The minimum atomic E-state index is -0.770. The minimum absolute atomic E-state index is 0.0858. The molecule has 1 unspecified atom stereocenters. The highest BCUT2D eigenvalue weighted by atomic mass is 32.1. The highest BCUT2D eigenvalue weighted by Crippen LogP contribution is 2.42. The Bertz CT molecular complexity index is 684. The van der Waals surface area contributed by atoms with Crippen LogP contribution in [0.4, 0.5) is 0 Å². The van der Waals surface area contributed by atoms with Gasteiger partial charge in [0, 0.05) is 16.2 Å². The number of rotatable bonds is 12. The summed E-state index contributed by atoms with van der Waals surface area (Å²) in [6, 6.07) is 4.22. The van der Waals surface area contributed by atoms with Crippen molar-refractivity contribution in [1.82, 2.24) is 0 Å². The SMILES string of the molecule is [B]C[C@@H]1CC(O)[C@H](C/C=C\CCCC(=O)O)[C@H]1/C=C/[C@@H](O)CCc1ccc(C)s1. The molecule has 4 nitrogen and oxygen atoms in total. The molecule has 1 aliphatic carbocycles. The van der Waals surface area contributed by atoms with Crippen molar-refractivity contribution < 1.29 is 20.1 Å². The fourth-order valence-electron chi connectivity index (χ4n) is 4.12. The highest BCUT2D eigenvalue weighted by molar-refractivity contribution is 7.11. The molecule has 2 radical (unpaired) electrons. The van der Waals surface area contributed by atoms with Crippen molar-refractivity contribution in [3.8, 4) is 0 Å². The average Bonchev–Trinajstić information content (AvgIpc) is 3.23. The molecule has 158 valence electrons. The molecule has 1 aliphatic rings. The van der Waals surface area contributed by atoms with Gasteiger partial charge in [0.25, 0.3) is 0 Å². The molecule has 1 aromatic rings. The summed E-state index contributed by atoms with van der Waals surface area (Å²) < 4.78 is 0. The zero-order valence-electron chi connectivity index (χ0n) is 17.2. The normalized spacial score (nSPS) is 25.9. The summed E-state index contributed by atoms with van der Waals surface area (Å²) in [7, 11) is 5.93. The second kappa shape index (κ2) is 12.4. The van der Waals surface area contributed by atoms with Gasteiger partial charge in [0.1, 0.15) is 0 Å². The maximum atomic E-state index is 10.6. The Morgan fingerprint density at radius 3 is 2.83 bits per heavy atom. The van der Waals surface area contributed by atoms with E-state index in [2.05, 4.69) is 25.1 Å². The zero-order chi connectivity index (χ0) is 21.2. The smallest absolute Gasteiger partial charge is 0.303 e. The van der Waals surface area contributed by atoms with E-state index in [0.29, 0.717) is 25.6 Å². The lowest BCUT2D eigenvalue weighted by Gasteiger charge is -2.21. The monoisotopic (exact) mass is 416 g/mol. The molecule has 0 spiro atoms. The Kier molecular flexibility index (Phi) is 10.2. The number of aliphatic hydroxyl groups excluding tert-OH is 2. The quantitative estimate of drug-likeness (QED) is 0.270. The van der Waals surface area contributed by atoms with Crippen LogP contribution in [0.1, 0.15) is 48.3 Å². The lowest BCUT2D eigenvalue weighted by molar-refractivity contribution is -0.137. The number of carboxylic acid groups (broad SMARTS) is 1. The Morgan fingerprint density at radius 2 is 2.17 bits per heavy atom. The van der Waals surface area contributed by atoms with Gasteiger partial charge in [-0.15, -0.1) is 11.3 Å². The maximum Gasteiger partial charge on any atom is 0.303 e. The second-order valence-corrected chi connectivity index (χ2v) is 9.41. The molecule has 1 fully saturated rings. The number of aliphatic hydroxyl groups is 2. The number of carbonyl (C=O) groups is 1. The first kappa shape index (κ1) is 23.9. The zero-order valence-corrected chi connectivity index (χ0v) is 18.1. The number of thiophene rings is 1. The third-order valence-corrected chi connectivity index (χ3v) is 6.81. The molecule has 0 saturated heterocycles. The maximum absolute atomic E-state index is 10.6. The molecule has 29 heavy (non-hydrogen) atoms. The van der Waals surface area contributed by atoms with Crippen LogP contribution in [0.3, 0.4) is 0 Å². The summed E-state index contributed by atoms with van der Waals surface area (Å²) in [6.07, 6.45) is 12.1. The predicted molar refractivity (Wildman–Crippen MR) is 119 cm³/mol. The van der Waals surface area contributed by atoms with Crippen LogP contribution >= 0.6 is 11.3 Å². The number of allylic oxidation sites excluding steroid dienone is 3. The Labute approximate surface area is 179 Å². The topological polar surface area (TPSA) is 77.8 Å². The van der Waals surface area contributed by atoms with E-state index < -0.39 is 18.2 Å². The van der Waals surface area contributed by atoms with Crippen LogP contribution in [0.25, 0.3) is 0 Å². The largest absolute Gasteiger partial charge is 0.481 e. The van der Waals surface area contributed by atoms with E-state index in [1.165, 1.54) is 9.75 Å². The van der Waals surface area contributed by atoms with Gasteiger partial charge >= 0.3 is 5.97 Å². The molecule has 1 saturated carbocycles. The van der Waals surface area contributed by atoms with Crippen molar-refractivity contribution in [3.63, 3.8) is 0 Å². The summed E-state index contributed by atoms with van der Waals surface area (Å²) in [6.45, 7) is 2.09. The molecular formula is C23H33BO4S. The van der Waals surface area contributed by atoms with E-state index in [-0.39, 0.29) is 24.2 Å². The van der Waals surface area contributed by atoms with Gasteiger partial charge in [-0.05, 0) is 75.3 Å². The van der Waals surface area contributed by atoms with Crippen molar-refractivity contribution in [1.29, 1.82) is 0 Å². The molecule has 6 heteroatoms. The number of unbranched alkanes of at least 4 members (excludes halogenated alkanes) is 1. The molecule has 5 atom stereocenters. The summed E-state index contributed by atoms with van der Waals surface area (Å²) in [4.78, 5) is 13.1. The molecule has 0 aromatic carbocycles. The van der Waals surface area contributed by atoms with Gasteiger partial charge in [0.2, 0.25) is 0 Å². The number of carboxylic acids is 1. The first-order valence-electron chi connectivity index (χ1n) is 10.6. The first-order valence-corrected chi connectivity index (χ1v) is 11.4. The number of hydrogen-bond donors (Lipinski definition) is 3. The molecule has 3 N–H and O–H groups in total. The van der Waals surface area contributed by atoms with Gasteiger partial charge in [-0.1, -0.05) is 30.6 Å². The van der Waals surface area contributed by atoms with E-state index >= 15 is 0 Å². The number of aryl methyl sites for hydroxylation is 2. The van der Waals surface area contributed by atoms with Gasteiger partial charge in [0.15, 0.2) is 0 Å². The average molecular weight is 416 g/mol. The first-order chi connectivity index (χ1) is 13.9. The third-order valence-electron chi connectivity index (χ3n) is 5.75. The van der Waals surface area contributed by atoms with Gasteiger partial charge in [-0.3, -0.25) is 4.79 Å². The standard InChI is InChI=1S/C23H33BO4S/c1-16-8-11-19(29-16)12-9-18(25)10-13-20-17(15-24)14-22(26)21(20)6-4-2-3-5-7-23(27)28/h2,4,8,10-11,13,17-18,20-22,25-26H,3,5-7,9,12,14-15H2,1H3,(H,27,28)/b4-2-,13-10+/t17-,18-,20-,21+,22?/m0/s1. The summed E-state index contributed by atoms with van der Waals surface area (Å²) >= 11 is 1.77. The van der Waals surface area contributed by atoms with Gasteiger partial charge in [0.05, 0.1) is 20.1 Å². The van der Waals surface area contributed by atoms with Crippen LogP contribution in [0.15, 0.2) is 36.4 Å². The van der Waals surface area contributed by atoms with E-state index in [1.807, 2.05) is 18.2 Å². The second-order valence-electron chi connectivity index (χ2n) is 8.04. The van der Waals surface area contributed by atoms with E-state index in [9.17, 15) is 15.0 Å². The van der Waals surface area contributed by atoms with Gasteiger partial charge < -0.3 is 15.3 Å². The lowest BCUT2D eigenvalue weighted by atomic mass is 9.80. The lowest BCUT2D eigenvalue weighted by Crippen LogP contribution is -2.19.